The second-order valence-electron chi connectivity index (χ2n) is 6.70. The number of nitrogens with zero attached hydrogens (tertiary/aromatic N) is 3. The van der Waals surface area contributed by atoms with E-state index in [1.165, 1.54) is 34.4 Å². The van der Waals surface area contributed by atoms with E-state index in [1.54, 1.807) is 6.07 Å². The van der Waals surface area contributed by atoms with E-state index in [0.29, 0.717) is 35.2 Å². The summed E-state index contributed by atoms with van der Waals surface area (Å²) >= 11 is 4.65. The Bertz CT molecular complexity index is 1080. The van der Waals surface area contributed by atoms with Crippen LogP contribution in [0.5, 0.6) is 0 Å². The number of aromatic nitrogens is 2. The van der Waals surface area contributed by atoms with Crippen molar-refractivity contribution in [1.29, 1.82) is 0 Å². The predicted octanol–water partition coefficient (Wildman–Crippen LogP) is 4.74. The number of carbonyl (C=O) groups excluding carboxylic acids is 2. The van der Waals surface area contributed by atoms with Crippen molar-refractivity contribution < 1.29 is 14.0 Å². The second kappa shape index (κ2) is 8.88. The van der Waals surface area contributed by atoms with Crippen LogP contribution in [0.1, 0.15) is 12.8 Å². The van der Waals surface area contributed by atoms with Gasteiger partial charge in [0.2, 0.25) is 11.0 Å². The fraction of sp³-hybridized carbons (Fsp3) is 0.200. The Balaban J connectivity index is 1.41. The van der Waals surface area contributed by atoms with Crippen LogP contribution >= 0.6 is 27.3 Å². The van der Waals surface area contributed by atoms with Crippen molar-refractivity contribution >= 4 is 50.0 Å². The van der Waals surface area contributed by atoms with Crippen LogP contribution in [0.25, 0.3) is 10.6 Å². The third-order valence-electron chi connectivity index (χ3n) is 4.64. The molecule has 0 spiro atoms. The van der Waals surface area contributed by atoms with Crippen molar-refractivity contribution in [1.82, 2.24) is 15.1 Å². The lowest BCUT2D eigenvalue weighted by atomic mass is 10.2. The lowest BCUT2D eigenvalue weighted by Crippen LogP contribution is -2.45. The third-order valence-corrected chi connectivity index (χ3v) is 6.05. The molecule has 7 nitrogen and oxygen atoms in total. The van der Waals surface area contributed by atoms with Crippen molar-refractivity contribution in [3.05, 3.63) is 58.8 Å². The van der Waals surface area contributed by atoms with E-state index in [9.17, 15) is 14.0 Å². The highest BCUT2D eigenvalue weighted by atomic mass is 79.9. The fourth-order valence-corrected chi connectivity index (χ4v) is 4.23. The first-order valence-electron chi connectivity index (χ1n) is 9.23. The molecular formula is C20H17BrFN5O2S. The van der Waals surface area contributed by atoms with E-state index in [2.05, 4.69) is 36.8 Å². The molecule has 2 aromatic carbocycles. The summed E-state index contributed by atoms with van der Waals surface area (Å²) in [6.07, 6.45) is 1.25. The molecule has 1 aliphatic heterocycles. The average Bonchev–Trinajstić information content (AvgIpc) is 3.38. The van der Waals surface area contributed by atoms with Gasteiger partial charge in [-0.2, -0.15) is 0 Å². The number of amides is 3. The van der Waals surface area contributed by atoms with Gasteiger partial charge in [-0.25, -0.2) is 9.18 Å². The summed E-state index contributed by atoms with van der Waals surface area (Å²) in [4.78, 5) is 26.8. The molecular weight excluding hydrogens is 473 g/mol. The molecule has 3 amide bonds. The maximum Gasteiger partial charge on any atom is 0.322 e. The molecule has 1 aliphatic rings. The van der Waals surface area contributed by atoms with Crippen LogP contribution in [0, 0.1) is 5.82 Å². The first-order valence-corrected chi connectivity index (χ1v) is 10.8. The van der Waals surface area contributed by atoms with Crippen LogP contribution in [0.3, 0.4) is 0 Å². The highest BCUT2D eigenvalue weighted by molar-refractivity contribution is 9.10. The van der Waals surface area contributed by atoms with Gasteiger partial charge in [-0.05, 0) is 43.2 Å². The van der Waals surface area contributed by atoms with Crippen LogP contribution in [0.2, 0.25) is 0 Å². The predicted molar refractivity (Wildman–Crippen MR) is 117 cm³/mol. The van der Waals surface area contributed by atoms with Crippen LogP contribution in [0.4, 0.5) is 20.0 Å². The molecule has 1 unspecified atom stereocenters. The highest BCUT2D eigenvalue weighted by Gasteiger charge is 2.34. The zero-order valence-corrected chi connectivity index (χ0v) is 18.0. The Morgan fingerprint density at radius 3 is 2.70 bits per heavy atom. The molecule has 4 rings (SSSR count). The van der Waals surface area contributed by atoms with E-state index in [0.717, 1.165) is 10.0 Å². The van der Waals surface area contributed by atoms with Crippen molar-refractivity contribution in [2.24, 2.45) is 0 Å². The van der Waals surface area contributed by atoms with Gasteiger partial charge in [-0.15, -0.1) is 10.2 Å². The van der Waals surface area contributed by atoms with Gasteiger partial charge in [-0.1, -0.05) is 45.5 Å². The number of rotatable bonds is 4. The van der Waals surface area contributed by atoms with Crippen LogP contribution in [-0.2, 0) is 4.79 Å². The SMILES string of the molecule is O=C(Nc1nnc(-c2ccc(Br)cc2)s1)C1CCCN1C(=O)Nc1cccc(F)c1. The van der Waals surface area contributed by atoms with Crippen molar-refractivity contribution in [2.75, 3.05) is 17.2 Å². The number of halogens is 2. The Labute approximate surface area is 184 Å². The largest absolute Gasteiger partial charge is 0.322 e. The van der Waals surface area contributed by atoms with E-state index < -0.39 is 17.9 Å². The molecule has 2 N–H and O–H groups in total. The first-order chi connectivity index (χ1) is 14.5. The van der Waals surface area contributed by atoms with Gasteiger partial charge in [-0.3, -0.25) is 10.1 Å². The van der Waals surface area contributed by atoms with Gasteiger partial charge in [0, 0.05) is 22.3 Å². The second-order valence-corrected chi connectivity index (χ2v) is 8.59. The van der Waals surface area contributed by atoms with Crippen LogP contribution in [0.15, 0.2) is 53.0 Å². The normalized spacial score (nSPS) is 15.8. The van der Waals surface area contributed by atoms with E-state index >= 15 is 0 Å². The number of hydrogen-bond donors (Lipinski definition) is 2. The maximum absolute atomic E-state index is 13.3. The van der Waals surface area contributed by atoms with Crippen molar-refractivity contribution in [2.45, 2.75) is 18.9 Å². The van der Waals surface area contributed by atoms with Crippen LogP contribution in [-0.4, -0.2) is 39.6 Å². The number of benzene rings is 2. The first kappa shape index (κ1) is 20.4. The number of carbonyl (C=O) groups is 2. The maximum atomic E-state index is 13.3. The summed E-state index contributed by atoms with van der Waals surface area (Å²) in [6, 6.07) is 12.2. The molecule has 10 heteroatoms. The summed E-state index contributed by atoms with van der Waals surface area (Å²) in [5, 5.41) is 14.6. The Hall–Kier alpha value is -2.85. The topological polar surface area (TPSA) is 87.2 Å². The molecule has 0 radical (unpaired) electrons. The molecule has 2 heterocycles. The van der Waals surface area contributed by atoms with Crippen LogP contribution < -0.4 is 10.6 Å². The van der Waals surface area contributed by atoms with Gasteiger partial charge in [0.15, 0.2) is 0 Å². The monoisotopic (exact) mass is 489 g/mol. The zero-order chi connectivity index (χ0) is 21.1. The summed E-state index contributed by atoms with van der Waals surface area (Å²) in [5.74, 6) is -0.762. The van der Waals surface area contributed by atoms with Gasteiger partial charge in [0.1, 0.15) is 16.9 Å². The van der Waals surface area contributed by atoms with E-state index in [1.807, 2.05) is 24.3 Å². The number of urea groups is 1. The minimum atomic E-state index is -0.626. The fourth-order valence-electron chi connectivity index (χ4n) is 3.22. The Morgan fingerprint density at radius 2 is 1.93 bits per heavy atom. The van der Waals surface area contributed by atoms with Gasteiger partial charge in [0.25, 0.3) is 0 Å². The standard InChI is InChI=1S/C20H17BrFN5O2S/c21-13-8-6-12(7-9-13)18-25-26-19(30-18)24-17(28)16-5-2-10-27(16)20(29)23-15-4-1-3-14(22)11-15/h1,3-4,6-9,11,16H,2,5,10H2,(H,23,29)(H,24,26,28). The Morgan fingerprint density at radius 1 is 1.13 bits per heavy atom. The molecule has 3 aromatic rings. The average molecular weight is 490 g/mol. The van der Waals surface area contributed by atoms with E-state index in [4.69, 9.17) is 0 Å². The molecule has 1 fully saturated rings. The lowest BCUT2D eigenvalue weighted by molar-refractivity contribution is -0.119. The molecule has 0 saturated carbocycles. The van der Waals surface area contributed by atoms with Gasteiger partial charge < -0.3 is 10.2 Å². The molecule has 1 aromatic heterocycles. The van der Waals surface area contributed by atoms with Gasteiger partial charge >= 0.3 is 6.03 Å². The summed E-state index contributed by atoms with van der Waals surface area (Å²) in [7, 11) is 0. The summed E-state index contributed by atoms with van der Waals surface area (Å²) < 4.78 is 14.3. The lowest BCUT2D eigenvalue weighted by Gasteiger charge is -2.23. The quantitative estimate of drug-likeness (QED) is 0.553. The van der Waals surface area contributed by atoms with Crippen molar-refractivity contribution in [3.8, 4) is 10.6 Å². The molecule has 30 heavy (non-hydrogen) atoms. The number of anilines is 2. The van der Waals surface area contributed by atoms with Crippen molar-refractivity contribution in [3.63, 3.8) is 0 Å². The van der Waals surface area contributed by atoms with E-state index in [-0.39, 0.29) is 5.91 Å². The van der Waals surface area contributed by atoms with Gasteiger partial charge in [0.05, 0.1) is 0 Å². The molecule has 1 atom stereocenters. The molecule has 154 valence electrons. The summed E-state index contributed by atoms with van der Waals surface area (Å²) in [6.45, 7) is 0.444. The highest BCUT2D eigenvalue weighted by Crippen LogP contribution is 2.28. The molecule has 0 aliphatic carbocycles. The minimum Gasteiger partial charge on any atom is -0.312 e. The molecule has 1 saturated heterocycles. The number of nitrogens with one attached hydrogen (secondary N) is 2. The number of hydrogen-bond acceptors (Lipinski definition) is 5. The molecule has 0 bridgehead atoms. The Kier molecular flexibility index (Phi) is 6.05. The number of likely N-dealkylation sites (tertiary alicyclic amines) is 1. The minimum absolute atomic E-state index is 0.319. The third kappa shape index (κ3) is 4.65. The smallest absolute Gasteiger partial charge is 0.312 e. The zero-order valence-electron chi connectivity index (χ0n) is 15.6. The summed E-state index contributed by atoms with van der Waals surface area (Å²) in [5.41, 5.74) is 1.24.